The Balaban J connectivity index is 2.50. The average Bonchev–Trinajstić information content (AvgIpc) is 2.70. The Bertz CT molecular complexity index is 471. The van der Waals surface area contributed by atoms with E-state index in [0.717, 1.165) is 19.3 Å². The first-order valence-electron chi connectivity index (χ1n) is 11.6. The van der Waals surface area contributed by atoms with Crippen LogP contribution < -0.4 is 0 Å². The van der Waals surface area contributed by atoms with Gasteiger partial charge in [-0.05, 0) is 37.3 Å². The molecule has 1 aromatic rings. The van der Waals surface area contributed by atoms with Gasteiger partial charge in [-0.15, -0.1) is 0 Å². The lowest BCUT2D eigenvalue weighted by Crippen LogP contribution is -2.26. The maximum Gasteiger partial charge on any atom is 0.126 e. The van der Waals surface area contributed by atoms with Gasteiger partial charge in [0.2, 0.25) is 0 Å². The molecule has 0 aromatic heterocycles. The predicted molar refractivity (Wildman–Crippen MR) is 117 cm³/mol. The summed E-state index contributed by atoms with van der Waals surface area (Å²) < 4.78 is 0. The van der Waals surface area contributed by atoms with E-state index in [1.54, 1.807) is 0 Å². The van der Waals surface area contributed by atoms with Crippen molar-refractivity contribution in [3.05, 3.63) is 35.4 Å². The number of aryl methyl sites for hydroxylation is 1. The minimum Gasteiger partial charge on any atom is -0.251 e. The smallest absolute Gasteiger partial charge is 0.126 e. The van der Waals surface area contributed by atoms with Crippen molar-refractivity contribution in [2.45, 2.75) is 123 Å². The molecule has 0 aliphatic heterocycles. The normalized spacial score (nSPS) is 13.6. The number of rotatable bonds is 17. The van der Waals surface area contributed by atoms with E-state index in [1.807, 2.05) is 6.92 Å². The Kier molecular flexibility index (Phi) is 13.5. The third-order valence-electron chi connectivity index (χ3n) is 5.85. The van der Waals surface area contributed by atoms with Crippen molar-refractivity contribution in [2.75, 3.05) is 0 Å². The highest BCUT2D eigenvalue weighted by Crippen LogP contribution is 2.34. The van der Waals surface area contributed by atoms with Crippen LogP contribution in [0.2, 0.25) is 0 Å². The molecule has 27 heavy (non-hydrogen) atoms. The highest BCUT2D eigenvalue weighted by Gasteiger charge is 2.29. The predicted octanol–water partition coefficient (Wildman–Crippen LogP) is 8.44. The summed E-state index contributed by atoms with van der Waals surface area (Å²) in [7, 11) is 0. The van der Waals surface area contributed by atoms with Gasteiger partial charge in [0.05, 0.1) is 0 Å². The summed E-state index contributed by atoms with van der Waals surface area (Å²) in [5.41, 5.74) is 1.93. The fraction of sp³-hybridized carbons (Fsp3) is 0.760. The van der Waals surface area contributed by atoms with Crippen molar-refractivity contribution < 1.29 is 10.1 Å². The molecular formula is C25H44O2. The second-order valence-electron chi connectivity index (χ2n) is 8.37. The first-order valence-corrected chi connectivity index (χ1v) is 11.6. The van der Waals surface area contributed by atoms with Crippen molar-refractivity contribution in [1.29, 1.82) is 0 Å². The highest BCUT2D eigenvalue weighted by molar-refractivity contribution is 5.32. The molecule has 0 aliphatic carbocycles. The lowest BCUT2D eigenvalue weighted by Gasteiger charge is -2.29. The van der Waals surface area contributed by atoms with E-state index in [4.69, 9.17) is 4.89 Å². The second-order valence-corrected chi connectivity index (χ2v) is 8.37. The van der Waals surface area contributed by atoms with E-state index in [1.165, 1.54) is 88.2 Å². The molecule has 0 radical (unpaired) electrons. The summed E-state index contributed by atoms with van der Waals surface area (Å²) >= 11 is 0. The molecule has 1 atom stereocenters. The van der Waals surface area contributed by atoms with Crippen molar-refractivity contribution >= 4 is 0 Å². The van der Waals surface area contributed by atoms with E-state index < -0.39 is 5.60 Å². The van der Waals surface area contributed by atoms with Crippen LogP contribution in [0.3, 0.4) is 0 Å². The second kappa shape index (κ2) is 15.1. The van der Waals surface area contributed by atoms with Crippen LogP contribution in [0.15, 0.2) is 24.3 Å². The molecular weight excluding hydrogens is 332 g/mol. The molecule has 0 bridgehead atoms. The Morgan fingerprint density at radius 3 is 1.85 bits per heavy atom. The van der Waals surface area contributed by atoms with Crippen molar-refractivity contribution in [3.63, 3.8) is 0 Å². The summed E-state index contributed by atoms with van der Waals surface area (Å²) in [6.07, 6.45) is 18.8. The molecule has 0 amide bonds. The molecule has 1 unspecified atom stereocenters. The number of hydrogen-bond acceptors (Lipinski definition) is 2. The molecule has 0 spiro atoms. The molecule has 0 fully saturated rings. The Morgan fingerprint density at radius 2 is 1.26 bits per heavy atom. The topological polar surface area (TPSA) is 29.5 Å². The first kappa shape index (κ1) is 24.2. The minimum atomic E-state index is -0.581. The maximum atomic E-state index is 9.70. The number of unbranched alkanes of at least 4 members (excludes halogenated alkanes) is 11. The third kappa shape index (κ3) is 9.76. The molecule has 1 N–H and O–H groups in total. The lowest BCUT2D eigenvalue weighted by molar-refractivity contribution is -0.326. The van der Waals surface area contributed by atoms with Gasteiger partial charge in [-0.1, -0.05) is 115 Å². The molecule has 0 saturated carbocycles. The molecule has 1 rings (SSSR count). The number of hydrogen-bond donors (Lipinski definition) is 1. The summed E-state index contributed by atoms with van der Waals surface area (Å²) in [6.45, 7) is 6.56. The fourth-order valence-electron chi connectivity index (χ4n) is 4.00. The van der Waals surface area contributed by atoms with Gasteiger partial charge in [-0.25, -0.2) is 4.89 Å². The van der Waals surface area contributed by atoms with Gasteiger partial charge in [-0.3, -0.25) is 5.26 Å². The van der Waals surface area contributed by atoms with E-state index >= 15 is 0 Å². The average molecular weight is 377 g/mol. The van der Waals surface area contributed by atoms with Gasteiger partial charge >= 0.3 is 0 Å². The molecule has 156 valence electrons. The van der Waals surface area contributed by atoms with Crippen molar-refractivity contribution in [1.82, 2.24) is 0 Å². The van der Waals surface area contributed by atoms with Crippen LogP contribution in [0.1, 0.15) is 122 Å². The van der Waals surface area contributed by atoms with Crippen molar-refractivity contribution in [3.8, 4) is 0 Å². The maximum absolute atomic E-state index is 9.70. The Morgan fingerprint density at radius 1 is 0.741 bits per heavy atom. The van der Waals surface area contributed by atoms with Crippen LogP contribution in [0.25, 0.3) is 0 Å². The van der Waals surface area contributed by atoms with E-state index in [9.17, 15) is 5.26 Å². The molecule has 0 heterocycles. The molecule has 0 aliphatic rings. The van der Waals surface area contributed by atoms with Crippen LogP contribution >= 0.6 is 0 Å². The summed E-state index contributed by atoms with van der Waals surface area (Å²) in [5.74, 6) is 0. The SMILES string of the molecule is CCCCCCCCCC(C)(OO)c1ccccc1CCCCCCCC. The Hall–Kier alpha value is -0.860. The van der Waals surface area contributed by atoms with Gasteiger partial charge in [0.15, 0.2) is 0 Å². The van der Waals surface area contributed by atoms with Gasteiger partial charge in [0.1, 0.15) is 5.60 Å². The van der Waals surface area contributed by atoms with Gasteiger partial charge in [0, 0.05) is 0 Å². The van der Waals surface area contributed by atoms with Crippen LogP contribution in [0, 0.1) is 0 Å². The zero-order chi connectivity index (χ0) is 19.8. The zero-order valence-corrected chi connectivity index (χ0v) is 18.3. The van der Waals surface area contributed by atoms with E-state index in [-0.39, 0.29) is 0 Å². The molecule has 2 heteroatoms. The van der Waals surface area contributed by atoms with Crippen molar-refractivity contribution in [2.24, 2.45) is 0 Å². The quantitative estimate of drug-likeness (QED) is 0.168. The number of benzene rings is 1. The summed E-state index contributed by atoms with van der Waals surface area (Å²) in [6, 6.07) is 8.54. The first-order chi connectivity index (χ1) is 13.2. The third-order valence-corrected chi connectivity index (χ3v) is 5.85. The van der Waals surface area contributed by atoms with Crippen LogP contribution in [0.5, 0.6) is 0 Å². The lowest BCUT2D eigenvalue weighted by atomic mass is 9.85. The van der Waals surface area contributed by atoms with Gasteiger partial charge < -0.3 is 0 Å². The van der Waals surface area contributed by atoms with E-state index in [0.29, 0.717) is 0 Å². The summed E-state index contributed by atoms with van der Waals surface area (Å²) in [4.78, 5) is 5.07. The Labute approximate surface area is 168 Å². The van der Waals surface area contributed by atoms with Gasteiger partial charge in [-0.2, -0.15) is 0 Å². The fourth-order valence-corrected chi connectivity index (χ4v) is 4.00. The van der Waals surface area contributed by atoms with Crippen LogP contribution in [-0.4, -0.2) is 5.26 Å². The largest absolute Gasteiger partial charge is 0.251 e. The zero-order valence-electron chi connectivity index (χ0n) is 18.3. The summed E-state index contributed by atoms with van der Waals surface area (Å²) in [5, 5.41) is 9.70. The van der Waals surface area contributed by atoms with Crippen LogP contribution in [-0.2, 0) is 16.9 Å². The monoisotopic (exact) mass is 376 g/mol. The molecule has 2 nitrogen and oxygen atoms in total. The van der Waals surface area contributed by atoms with E-state index in [2.05, 4.69) is 38.1 Å². The standard InChI is InChI=1S/C25H44O2/c1-4-6-8-10-12-14-18-22-25(3,27-26)24-21-17-16-20-23(24)19-15-13-11-9-7-5-2/h16-17,20-21,26H,4-15,18-19,22H2,1-3H3. The minimum absolute atomic E-state index is 0.581. The highest BCUT2D eigenvalue weighted by atomic mass is 17.1. The molecule has 0 saturated heterocycles. The molecule has 1 aromatic carbocycles. The van der Waals surface area contributed by atoms with Gasteiger partial charge in [0.25, 0.3) is 0 Å². The van der Waals surface area contributed by atoms with Crippen LogP contribution in [0.4, 0.5) is 0 Å².